The molecule has 1 atom stereocenters. The van der Waals surface area contributed by atoms with Gasteiger partial charge in [-0.3, -0.25) is 4.79 Å². The lowest BCUT2D eigenvalue weighted by atomic mass is 10.2. The highest BCUT2D eigenvalue weighted by Crippen LogP contribution is 1.98. The minimum Gasteiger partial charge on any atom is -0.480 e. The van der Waals surface area contributed by atoms with Crippen molar-refractivity contribution in [3.63, 3.8) is 0 Å². The lowest BCUT2D eigenvalue weighted by Gasteiger charge is -2.13. The average molecular weight is 215 g/mol. The second-order valence-corrected chi connectivity index (χ2v) is 3.17. The van der Waals surface area contributed by atoms with Crippen molar-refractivity contribution in [2.75, 3.05) is 6.61 Å². The molecule has 0 rings (SSSR count). The Balaban J connectivity index is 4.35. The van der Waals surface area contributed by atoms with Crippen LogP contribution in [0.3, 0.4) is 0 Å². The predicted octanol–water partition coefficient (Wildman–Crippen LogP) is 0.294. The molecule has 0 aromatic heterocycles. The van der Waals surface area contributed by atoms with Crippen molar-refractivity contribution in [3.8, 4) is 0 Å². The van der Waals surface area contributed by atoms with Crippen molar-refractivity contribution in [1.82, 2.24) is 5.32 Å². The van der Waals surface area contributed by atoms with Crippen molar-refractivity contribution in [2.24, 2.45) is 0 Å². The van der Waals surface area contributed by atoms with Crippen LogP contribution in [0.5, 0.6) is 0 Å². The van der Waals surface area contributed by atoms with E-state index in [-0.39, 0.29) is 13.0 Å². The second-order valence-electron chi connectivity index (χ2n) is 3.17. The van der Waals surface area contributed by atoms with Crippen LogP contribution < -0.4 is 5.32 Å². The van der Waals surface area contributed by atoms with Crippen LogP contribution in [0.1, 0.15) is 26.7 Å². The van der Waals surface area contributed by atoms with E-state index in [1.54, 1.807) is 13.0 Å². The SMILES string of the molecule is CC/C=C(/C)C(=O)NC(CCO)C(=O)O. The van der Waals surface area contributed by atoms with Gasteiger partial charge in [0.1, 0.15) is 6.04 Å². The van der Waals surface area contributed by atoms with Crippen LogP contribution in [0.4, 0.5) is 0 Å². The molecule has 15 heavy (non-hydrogen) atoms. The molecule has 0 aromatic rings. The topological polar surface area (TPSA) is 86.6 Å². The molecule has 0 saturated carbocycles. The molecule has 0 saturated heterocycles. The minimum atomic E-state index is -1.14. The van der Waals surface area contributed by atoms with Gasteiger partial charge in [-0.1, -0.05) is 13.0 Å². The highest BCUT2D eigenvalue weighted by molar-refractivity contribution is 5.95. The summed E-state index contributed by atoms with van der Waals surface area (Å²) in [6.45, 7) is 3.24. The number of rotatable bonds is 6. The normalized spacial score (nSPS) is 13.4. The maximum atomic E-state index is 11.4. The Kier molecular flexibility index (Phi) is 6.37. The van der Waals surface area contributed by atoms with E-state index in [4.69, 9.17) is 10.2 Å². The zero-order chi connectivity index (χ0) is 11.8. The van der Waals surface area contributed by atoms with E-state index in [0.29, 0.717) is 5.57 Å². The fraction of sp³-hybridized carbons (Fsp3) is 0.600. The summed E-state index contributed by atoms with van der Waals surface area (Å²) in [6, 6.07) is -1.03. The van der Waals surface area contributed by atoms with Gasteiger partial charge < -0.3 is 15.5 Å². The van der Waals surface area contributed by atoms with Crippen LogP contribution >= 0.6 is 0 Å². The van der Waals surface area contributed by atoms with Gasteiger partial charge in [-0.05, 0) is 13.3 Å². The quantitative estimate of drug-likeness (QED) is 0.556. The second kappa shape index (κ2) is 7.00. The first-order valence-electron chi connectivity index (χ1n) is 4.84. The lowest BCUT2D eigenvalue weighted by molar-refractivity contribution is -0.141. The summed E-state index contributed by atoms with van der Waals surface area (Å²) in [5.74, 6) is -1.54. The first kappa shape index (κ1) is 13.6. The number of allylic oxidation sites excluding steroid dienone is 1. The maximum Gasteiger partial charge on any atom is 0.326 e. The largest absolute Gasteiger partial charge is 0.480 e. The first-order chi connectivity index (χ1) is 7.02. The van der Waals surface area contributed by atoms with E-state index in [9.17, 15) is 9.59 Å². The summed E-state index contributed by atoms with van der Waals surface area (Å²) in [7, 11) is 0. The first-order valence-corrected chi connectivity index (χ1v) is 4.84. The van der Waals surface area contributed by atoms with Crippen LogP contribution in [0.25, 0.3) is 0 Å². The van der Waals surface area contributed by atoms with Gasteiger partial charge in [0.25, 0.3) is 0 Å². The minimum absolute atomic E-state index is 0.0144. The number of hydrogen-bond acceptors (Lipinski definition) is 3. The molecule has 5 nitrogen and oxygen atoms in total. The number of carbonyl (C=O) groups is 2. The zero-order valence-corrected chi connectivity index (χ0v) is 8.99. The molecular formula is C10H17NO4. The third-order valence-electron chi connectivity index (χ3n) is 1.89. The zero-order valence-electron chi connectivity index (χ0n) is 8.99. The van der Waals surface area contributed by atoms with Crippen LogP contribution in [-0.2, 0) is 9.59 Å². The van der Waals surface area contributed by atoms with Gasteiger partial charge in [-0.2, -0.15) is 0 Å². The van der Waals surface area contributed by atoms with Crippen molar-refractivity contribution < 1.29 is 19.8 Å². The van der Waals surface area contributed by atoms with Crippen molar-refractivity contribution in [3.05, 3.63) is 11.6 Å². The number of nitrogens with one attached hydrogen (secondary N) is 1. The molecule has 1 amide bonds. The number of carboxylic acids is 1. The van der Waals surface area contributed by atoms with Gasteiger partial charge in [0.05, 0.1) is 0 Å². The summed E-state index contributed by atoms with van der Waals surface area (Å²) >= 11 is 0. The lowest BCUT2D eigenvalue weighted by Crippen LogP contribution is -2.41. The molecule has 0 aliphatic heterocycles. The highest BCUT2D eigenvalue weighted by atomic mass is 16.4. The third-order valence-corrected chi connectivity index (χ3v) is 1.89. The Labute approximate surface area is 88.8 Å². The predicted molar refractivity (Wildman–Crippen MR) is 55.3 cm³/mol. The summed E-state index contributed by atoms with van der Waals surface area (Å²) in [6.07, 6.45) is 2.45. The van der Waals surface area contributed by atoms with Gasteiger partial charge in [-0.15, -0.1) is 0 Å². The Morgan fingerprint density at radius 1 is 1.47 bits per heavy atom. The highest BCUT2D eigenvalue weighted by Gasteiger charge is 2.19. The number of aliphatic hydroxyl groups is 1. The van der Waals surface area contributed by atoms with Crippen molar-refractivity contribution >= 4 is 11.9 Å². The molecule has 3 N–H and O–H groups in total. The molecule has 0 aliphatic rings. The van der Waals surface area contributed by atoms with E-state index in [0.717, 1.165) is 6.42 Å². The Morgan fingerprint density at radius 2 is 2.07 bits per heavy atom. The maximum absolute atomic E-state index is 11.4. The van der Waals surface area contributed by atoms with Gasteiger partial charge in [0, 0.05) is 18.6 Å². The van der Waals surface area contributed by atoms with Gasteiger partial charge >= 0.3 is 5.97 Å². The number of hydrogen-bond donors (Lipinski definition) is 3. The van der Waals surface area contributed by atoms with E-state index in [1.807, 2.05) is 6.92 Å². The molecule has 0 spiro atoms. The molecular weight excluding hydrogens is 198 g/mol. The van der Waals surface area contributed by atoms with Gasteiger partial charge in [-0.25, -0.2) is 4.79 Å². The van der Waals surface area contributed by atoms with Crippen LogP contribution in [0.2, 0.25) is 0 Å². The van der Waals surface area contributed by atoms with Gasteiger partial charge in [0.2, 0.25) is 5.91 Å². The molecule has 1 unspecified atom stereocenters. The van der Waals surface area contributed by atoms with Crippen molar-refractivity contribution in [1.29, 1.82) is 0 Å². The van der Waals surface area contributed by atoms with Crippen LogP contribution in [0, 0.1) is 0 Å². The number of amides is 1. The van der Waals surface area contributed by atoms with Crippen molar-refractivity contribution in [2.45, 2.75) is 32.7 Å². The molecule has 86 valence electrons. The van der Waals surface area contributed by atoms with Gasteiger partial charge in [0.15, 0.2) is 0 Å². The molecule has 0 aliphatic carbocycles. The summed E-state index contributed by atoms with van der Waals surface area (Å²) in [5.41, 5.74) is 0.488. The fourth-order valence-electron chi connectivity index (χ4n) is 1.06. The number of carboxylic acid groups (broad SMARTS) is 1. The molecule has 5 heteroatoms. The monoisotopic (exact) mass is 215 g/mol. The third kappa shape index (κ3) is 5.17. The summed E-state index contributed by atoms with van der Waals surface area (Å²) in [4.78, 5) is 22.1. The molecule has 0 aromatic carbocycles. The van der Waals surface area contributed by atoms with Crippen LogP contribution in [0.15, 0.2) is 11.6 Å². The van der Waals surface area contributed by atoms with E-state index >= 15 is 0 Å². The van der Waals surface area contributed by atoms with E-state index in [1.165, 1.54) is 0 Å². The summed E-state index contributed by atoms with van der Waals surface area (Å²) < 4.78 is 0. The number of carbonyl (C=O) groups excluding carboxylic acids is 1. The number of aliphatic hydroxyl groups excluding tert-OH is 1. The molecule has 0 fully saturated rings. The number of aliphatic carboxylic acids is 1. The Bertz CT molecular complexity index is 260. The Morgan fingerprint density at radius 3 is 2.47 bits per heavy atom. The smallest absolute Gasteiger partial charge is 0.326 e. The summed E-state index contributed by atoms with van der Waals surface area (Å²) in [5, 5.41) is 19.7. The molecule has 0 radical (unpaired) electrons. The molecule has 0 heterocycles. The fourth-order valence-corrected chi connectivity index (χ4v) is 1.06. The standard InChI is InChI=1S/C10H17NO4/c1-3-4-7(2)9(13)11-8(5-6-12)10(14)15/h4,8,12H,3,5-6H2,1-2H3,(H,11,13)(H,14,15)/b7-4-. The van der Waals surface area contributed by atoms with Crippen LogP contribution in [-0.4, -0.2) is 34.7 Å². The Hall–Kier alpha value is -1.36. The van der Waals surface area contributed by atoms with E-state index < -0.39 is 17.9 Å². The average Bonchev–Trinajstić information content (AvgIpc) is 2.17. The molecule has 0 bridgehead atoms. The van der Waals surface area contributed by atoms with E-state index in [2.05, 4.69) is 5.32 Å².